The predicted molar refractivity (Wildman–Crippen MR) is 51.3 cm³/mol. The third-order valence-corrected chi connectivity index (χ3v) is 2.47. The molecule has 0 aromatic rings. The Bertz CT molecular complexity index is 116. The van der Waals surface area contributed by atoms with E-state index in [9.17, 15) is 0 Å². The summed E-state index contributed by atoms with van der Waals surface area (Å²) in [6, 6.07) is 0.724. The van der Waals surface area contributed by atoms with E-state index in [-0.39, 0.29) is 0 Å². The highest BCUT2D eigenvalue weighted by Gasteiger charge is 2.23. The number of nitrogens with one attached hydrogen (secondary N) is 1. The first kappa shape index (κ1) is 10.0. The molecule has 0 bridgehead atoms. The molecular formula is C10H21NO. The predicted octanol–water partition coefficient (Wildman–Crippen LogP) is 1.94. The van der Waals surface area contributed by atoms with Crippen molar-refractivity contribution in [3.63, 3.8) is 0 Å². The molecule has 2 nitrogen and oxygen atoms in total. The minimum Gasteiger partial charge on any atom is -0.378 e. The molecule has 1 fully saturated rings. The molecule has 72 valence electrons. The Hall–Kier alpha value is -0.0800. The monoisotopic (exact) mass is 171 g/mol. The van der Waals surface area contributed by atoms with E-state index < -0.39 is 0 Å². The van der Waals surface area contributed by atoms with Crippen molar-refractivity contribution in [2.45, 2.75) is 51.7 Å². The van der Waals surface area contributed by atoms with E-state index in [0.717, 1.165) is 19.2 Å². The van der Waals surface area contributed by atoms with Crippen molar-refractivity contribution in [1.82, 2.24) is 5.32 Å². The van der Waals surface area contributed by atoms with Crippen LogP contribution in [0.25, 0.3) is 0 Å². The fourth-order valence-electron chi connectivity index (χ4n) is 1.86. The van der Waals surface area contributed by atoms with Crippen LogP contribution >= 0.6 is 0 Å². The molecule has 2 heteroatoms. The average molecular weight is 171 g/mol. The molecule has 1 aliphatic carbocycles. The Morgan fingerprint density at radius 3 is 2.83 bits per heavy atom. The van der Waals surface area contributed by atoms with Crippen LogP contribution in [-0.2, 0) is 4.74 Å². The molecule has 0 saturated heterocycles. The maximum Gasteiger partial charge on any atom is 0.0590 e. The molecule has 0 radical (unpaired) electrons. The minimum absolute atomic E-state index is 0.532. The summed E-state index contributed by atoms with van der Waals surface area (Å²) in [6.45, 7) is 6.31. The van der Waals surface area contributed by atoms with Crippen LogP contribution in [0.3, 0.4) is 0 Å². The molecule has 1 saturated carbocycles. The summed E-state index contributed by atoms with van der Waals surface area (Å²) in [5.41, 5.74) is 0. The number of hydrogen-bond acceptors (Lipinski definition) is 2. The van der Waals surface area contributed by atoms with Gasteiger partial charge in [0.15, 0.2) is 0 Å². The Morgan fingerprint density at radius 2 is 2.17 bits per heavy atom. The zero-order valence-electron chi connectivity index (χ0n) is 8.31. The number of hydrogen-bond donors (Lipinski definition) is 1. The first-order valence-corrected chi connectivity index (χ1v) is 5.21. The quantitative estimate of drug-likeness (QED) is 0.682. The Kier molecular flexibility index (Phi) is 4.62. The van der Waals surface area contributed by atoms with Gasteiger partial charge in [-0.25, -0.2) is 0 Å². The molecule has 2 atom stereocenters. The van der Waals surface area contributed by atoms with Gasteiger partial charge in [-0.1, -0.05) is 6.92 Å². The highest BCUT2D eigenvalue weighted by atomic mass is 16.5. The molecule has 1 aliphatic rings. The van der Waals surface area contributed by atoms with Gasteiger partial charge < -0.3 is 10.1 Å². The van der Waals surface area contributed by atoms with Gasteiger partial charge in [-0.2, -0.15) is 0 Å². The zero-order chi connectivity index (χ0) is 8.81. The third-order valence-electron chi connectivity index (χ3n) is 2.47. The van der Waals surface area contributed by atoms with Crippen LogP contribution in [0.2, 0.25) is 0 Å². The molecule has 12 heavy (non-hydrogen) atoms. The molecular weight excluding hydrogens is 150 g/mol. The van der Waals surface area contributed by atoms with Gasteiger partial charge in [0.05, 0.1) is 6.10 Å². The van der Waals surface area contributed by atoms with Crippen LogP contribution in [-0.4, -0.2) is 25.3 Å². The van der Waals surface area contributed by atoms with Crippen LogP contribution in [0.1, 0.15) is 39.5 Å². The van der Waals surface area contributed by atoms with Crippen molar-refractivity contribution in [3.05, 3.63) is 0 Å². The van der Waals surface area contributed by atoms with Gasteiger partial charge in [0.2, 0.25) is 0 Å². The van der Waals surface area contributed by atoms with Crippen molar-refractivity contribution in [1.29, 1.82) is 0 Å². The van der Waals surface area contributed by atoms with Gasteiger partial charge in [0, 0.05) is 12.6 Å². The van der Waals surface area contributed by atoms with Crippen molar-refractivity contribution in [3.8, 4) is 0 Å². The maximum absolute atomic E-state index is 5.57. The lowest BCUT2D eigenvalue weighted by atomic mass is 10.2. The topological polar surface area (TPSA) is 21.3 Å². The summed E-state index contributed by atoms with van der Waals surface area (Å²) in [7, 11) is 0. The van der Waals surface area contributed by atoms with Gasteiger partial charge in [-0.15, -0.1) is 0 Å². The van der Waals surface area contributed by atoms with Crippen LogP contribution in [0.4, 0.5) is 0 Å². The third kappa shape index (κ3) is 3.11. The van der Waals surface area contributed by atoms with Crippen molar-refractivity contribution >= 4 is 0 Å². The Labute approximate surface area is 75.7 Å². The maximum atomic E-state index is 5.57. The van der Waals surface area contributed by atoms with Crippen LogP contribution in [0.15, 0.2) is 0 Å². The van der Waals surface area contributed by atoms with Gasteiger partial charge in [-0.3, -0.25) is 0 Å². The molecule has 0 aromatic carbocycles. The second-order valence-electron chi connectivity index (χ2n) is 3.54. The van der Waals surface area contributed by atoms with Gasteiger partial charge in [0.1, 0.15) is 0 Å². The Morgan fingerprint density at radius 1 is 1.33 bits per heavy atom. The van der Waals surface area contributed by atoms with Crippen LogP contribution in [0, 0.1) is 0 Å². The van der Waals surface area contributed by atoms with E-state index in [2.05, 4.69) is 19.2 Å². The van der Waals surface area contributed by atoms with Gasteiger partial charge >= 0.3 is 0 Å². The van der Waals surface area contributed by atoms with Gasteiger partial charge in [-0.05, 0) is 39.2 Å². The molecule has 2 unspecified atom stereocenters. The van der Waals surface area contributed by atoms with Crippen LogP contribution < -0.4 is 5.32 Å². The minimum atomic E-state index is 0.532. The lowest BCUT2D eigenvalue weighted by molar-refractivity contribution is 0.0667. The summed E-state index contributed by atoms with van der Waals surface area (Å²) in [5.74, 6) is 0. The van der Waals surface area contributed by atoms with Gasteiger partial charge in [0.25, 0.3) is 0 Å². The highest BCUT2D eigenvalue weighted by Crippen LogP contribution is 2.21. The molecule has 0 spiro atoms. The fraction of sp³-hybridized carbons (Fsp3) is 1.00. The van der Waals surface area contributed by atoms with Crippen molar-refractivity contribution in [2.24, 2.45) is 0 Å². The van der Waals surface area contributed by atoms with E-state index in [1.807, 2.05) is 0 Å². The zero-order valence-corrected chi connectivity index (χ0v) is 8.31. The fourth-order valence-corrected chi connectivity index (χ4v) is 1.86. The van der Waals surface area contributed by atoms with Crippen molar-refractivity contribution < 1.29 is 4.74 Å². The molecule has 0 aromatic heterocycles. The summed E-state index contributed by atoms with van der Waals surface area (Å²) in [5, 5.41) is 3.54. The largest absolute Gasteiger partial charge is 0.378 e. The van der Waals surface area contributed by atoms with E-state index in [1.165, 1.54) is 25.7 Å². The SMILES string of the molecule is CCCNC1CCC(OCC)C1. The van der Waals surface area contributed by atoms with E-state index in [4.69, 9.17) is 4.74 Å². The summed E-state index contributed by atoms with van der Waals surface area (Å²) >= 11 is 0. The lowest BCUT2D eigenvalue weighted by Gasteiger charge is -2.12. The van der Waals surface area contributed by atoms with E-state index in [0.29, 0.717) is 6.10 Å². The second kappa shape index (κ2) is 5.55. The highest BCUT2D eigenvalue weighted by molar-refractivity contribution is 4.80. The summed E-state index contributed by atoms with van der Waals surface area (Å²) in [6.07, 6.45) is 5.52. The number of ether oxygens (including phenoxy) is 1. The van der Waals surface area contributed by atoms with Crippen LogP contribution in [0.5, 0.6) is 0 Å². The molecule has 1 rings (SSSR count). The molecule has 1 N–H and O–H groups in total. The summed E-state index contributed by atoms with van der Waals surface area (Å²) in [4.78, 5) is 0. The second-order valence-corrected chi connectivity index (χ2v) is 3.54. The van der Waals surface area contributed by atoms with E-state index >= 15 is 0 Å². The number of rotatable bonds is 5. The average Bonchev–Trinajstić information content (AvgIpc) is 2.50. The first-order chi connectivity index (χ1) is 5.86. The normalized spacial score (nSPS) is 29.5. The summed E-state index contributed by atoms with van der Waals surface area (Å²) < 4.78 is 5.57. The molecule has 0 aliphatic heterocycles. The first-order valence-electron chi connectivity index (χ1n) is 5.21. The smallest absolute Gasteiger partial charge is 0.0590 e. The van der Waals surface area contributed by atoms with Crippen molar-refractivity contribution in [2.75, 3.05) is 13.2 Å². The standard InChI is InChI=1S/C10H21NO/c1-3-7-11-9-5-6-10(8-9)12-4-2/h9-11H,3-8H2,1-2H3. The lowest BCUT2D eigenvalue weighted by Crippen LogP contribution is -2.27. The molecule has 0 amide bonds. The molecule has 0 heterocycles. The van der Waals surface area contributed by atoms with E-state index in [1.54, 1.807) is 0 Å². The Balaban J connectivity index is 2.08.